The zero-order valence-electron chi connectivity index (χ0n) is 12.3. The molecule has 5 nitrogen and oxygen atoms in total. The largest absolute Gasteiger partial charge is 0.409 e. The van der Waals surface area contributed by atoms with Crippen LogP contribution in [0, 0.1) is 0 Å². The van der Waals surface area contributed by atoms with Crippen LogP contribution in [0.25, 0.3) is 0 Å². The van der Waals surface area contributed by atoms with Gasteiger partial charge in [-0.15, -0.1) is 0 Å². The van der Waals surface area contributed by atoms with Gasteiger partial charge < -0.3 is 15.8 Å². The number of amides is 1. The molecule has 1 aromatic rings. The third-order valence-corrected chi connectivity index (χ3v) is 3.54. The number of nitrogens with two attached hydrogens (primary N) is 1. The van der Waals surface area contributed by atoms with Crippen molar-refractivity contribution in [1.29, 1.82) is 0 Å². The van der Waals surface area contributed by atoms with Crippen LogP contribution in [0.3, 0.4) is 0 Å². The molecule has 0 saturated heterocycles. The van der Waals surface area contributed by atoms with Crippen LogP contribution < -0.4 is 5.73 Å². The van der Waals surface area contributed by atoms with Gasteiger partial charge >= 0.3 is 0 Å². The minimum Gasteiger partial charge on any atom is -0.409 e. The molecule has 2 unspecified atom stereocenters. The second kappa shape index (κ2) is 7.53. The zero-order chi connectivity index (χ0) is 15.1. The Morgan fingerprint density at radius 1 is 1.35 bits per heavy atom. The van der Waals surface area contributed by atoms with Crippen molar-refractivity contribution in [1.82, 2.24) is 4.90 Å². The molecule has 0 aromatic heterocycles. The average molecular weight is 277 g/mol. The Kier molecular flexibility index (Phi) is 6.03. The molecule has 0 aliphatic heterocycles. The number of oxime groups is 1. The first-order valence-corrected chi connectivity index (χ1v) is 6.89. The summed E-state index contributed by atoms with van der Waals surface area (Å²) >= 11 is 0. The molecule has 0 heterocycles. The van der Waals surface area contributed by atoms with Gasteiger partial charge in [-0.05, 0) is 25.8 Å². The lowest BCUT2D eigenvalue weighted by molar-refractivity contribution is -0.133. The van der Waals surface area contributed by atoms with Crippen LogP contribution in [0.2, 0.25) is 0 Å². The molecule has 0 radical (unpaired) electrons. The van der Waals surface area contributed by atoms with Crippen molar-refractivity contribution in [3.63, 3.8) is 0 Å². The Balaban J connectivity index is 3.15. The highest BCUT2D eigenvalue weighted by atomic mass is 16.4. The van der Waals surface area contributed by atoms with Crippen LogP contribution in [0.4, 0.5) is 0 Å². The maximum absolute atomic E-state index is 12.7. The molecule has 110 valence electrons. The number of amidine groups is 1. The van der Waals surface area contributed by atoms with Gasteiger partial charge in [-0.25, -0.2) is 0 Å². The number of hydrogen-bond acceptors (Lipinski definition) is 3. The molecule has 20 heavy (non-hydrogen) atoms. The van der Waals surface area contributed by atoms with Gasteiger partial charge in [0.1, 0.15) is 5.92 Å². The molecular weight excluding hydrogens is 254 g/mol. The van der Waals surface area contributed by atoms with E-state index in [1.165, 1.54) is 0 Å². The molecule has 0 aliphatic carbocycles. The first-order valence-electron chi connectivity index (χ1n) is 6.89. The van der Waals surface area contributed by atoms with E-state index in [9.17, 15) is 4.79 Å². The van der Waals surface area contributed by atoms with Crippen LogP contribution in [0.15, 0.2) is 35.5 Å². The molecule has 1 amide bonds. The summed E-state index contributed by atoms with van der Waals surface area (Å²) < 4.78 is 0. The van der Waals surface area contributed by atoms with Crippen LogP contribution in [0.5, 0.6) is 0 Å². The highest BCUT2D eigenvalue weighted by molar-refractivity contribution is 6.07. The predicted octanol–water partition coefficient (Wildman–Crippen LogP) is 2.16. The second-order valence-corrected chi connectivity index (χ2v) is 4.75. The summed E-state index contributed by atoms with van der Waals surface area (Å²) in [4.78, 5) is 14.5. The Bertz CT molecular complexity index is 459. The smallest absolute Gasteiger partial charge is 0.238 e. The fourth-order valence-corrected chi connectivity index (χ4v) is 2.21. The topological polar surface area (TPSA) is 78.9 Å². The van der Waals surface area contributed by atoms with Crippen molar-refractivity contribution in [3.05, 3.63) is 35.9 Å². The normalized spacial score (nSPS) is 14.7. The number of benzene rings is 1. The standard InChI is InChI=1S/C15H23N3O2/c1-4-11(3)18(5-2)15(19)13(14(16)17-20)12-9-7-6-8-10-12/h6-11,13,20H,4-5H2,1-3H3,(H2,16,17). The summed E-state index contributed by atoms with van der Waals surface area (Å²) in [7, 11) is 0. The first-order chi connectivity index (χ1) is 9.56. The molecule has 3 N–H and O–H groups in total. The van der Waals surface area contributed by atoms with Gasteiger partial charge in [0.15, 0.2) is 5.84 Å². The lowest BCUT2D eigenvalue weighted by Gasteiger charge is -2.30. The minimum absolute atomic E-state index is 0.0806. The highest BCUT2D eigenvalue weighted by Crippen LogP contribution is 2.20. The highest BCUT2D eigenvalue weighted by Gasteiger charge is 2.30. The minimum atomic E-state index is -0.741. The first kappa shape index (κ1) is 16.0. The zero-order valence-corrected chi connectivity index (χ0v) is 12.3. The lowest BCUT2D eigenvalue weighted by Crippen LogP contribution is -2.44. The number of hydrogen-bond donors (Lipinski definition) is 2. The summed E-state index contributed by atoms with van der Waals surface area (Å²) in [6, 6.07) is 9.27. The predicted molar refractivity (Wildman–Crippen MR) is 79.7 cm³/mol. The fraction of sp³-hybridized carbons (Fsp3) is 0.467. The molecule has 0 saturated carbocycles. The van der Waals surface area contributed by atoms with Gasteiger partial charge in [0.05, 0.1) is 0 Å². The number of nitrogens with zero attached hydrogens (tertiary/aromatic N) is 2. The summed E-state index contributed by atoms with van der Waals surface area (Å²) in [5.74, 6) is -0.957. The van der Waals surface area contributed by atoms with E-state index in [1.807, 2.05) is 51.1 Å². The van der Waals surface area contributed by atoms with Crippen molar-refractivity contribution in [2.24, 2.45) is 10.9 Å². The van der Waals surface area contributed by atoms with E-state index >= 15 is 0 Å². The SMILES string of the molecule is CCC(C)N(CC)C(=O)C(C(N)=NO)c1ccccc1. The van der Waals surface area contributed by atoms with Crippen LogP contribution in [0.1, 0.15) is 38.7 Å². The van der Waals surface area contributed by atoms with Crippen molar-refractivity contribution < 1.29 is 10.0 Å². The van der Waals surface area contributed by atoms with E-state index < -0.39 is 5.92 Å². The fourth-order valence-electron chi connectivity index (χ4n) is 2.21. The monoisotopic (exact) mass is 277 g/mol. The van der Waals surface area contributed by atoms with Crippen molar-refractivity contribution >= 4 is 11.7 Å². The molecule has 0 bridgehead atoms. The molecule has 0 fully saturated rings. The Hall–Kier alpha value is -2.04. The van der Waals surface area contributed by atoms with Gasteiger partial charge in [0.2, 0.25) is 5.91 Å². The van der Waals surface area contributed by atoms with Gasteiger partial charge in [-0.2, -0.15) is 0 Å². The van der Waals surface area contributed by atoms with E-state index in [1.54, 1.807) is 4.90 Å². The van der Waals surface area contributed by atoms with E-state index in [2.05, 4.69) is 5.16 Å². The number of likely N-dealkylation sites (N-methyl/N-ethyl adjacent to an activating group) is 1. The third kappa shape index (κ3) is 3.50. The van der Waals surface area contributed by atoms with E-state index in [-0.39, 0.29) is 17.8 Å². The molecule has 0 spiro atoms. The Morgan fingerprint density at radius 3 is 2.40 bits per heavy atom. The Morgan fingerprint density at radius 2 is 1.95 bits per heavy atom. The van der Waals surface area contributed by atoms with Gasteiger partial charge in [0.25, 0.3) is 0 Å². The number of carbonyl (C=O) groups excluding carboxylic acids is 1. The summed E-state index contributed by atoms with van der Waals surface area (Å²) in [6.07, 6.45) is 0.858. The number of rotatable bonds is 6. The van der Waals surface area contributed by atoms with Crippen molar-refractivity contribution in [2.45, 2.75) is 39.2 Å². The molecule has 1 aromatic carbocycles. The molecule has 0 aliphatic rings. The number of carbonyl (C=O) groups is 1. The average Bonchev–Trinajstić information content (AvgIpc) is 2.48. The second-order valence-electron chi connectivity index (χ2n) is 4.75. The molecule has 5 heteroatoms. The van der Waals surface area contributed by atoms with E-state index in [4.69, 9.17) is 10.9 Å². The van der Waals surface area contributed by atoms with E-state index in [0.717, 1.165) is 12.0 Å². The maximum atomic E-state index is 12.7. The third-order valence-electron chi connectivity index (χ3n) is 3.54. The van der Waals surface area contributed by atoms with Gasteiger partial charge in [-0.3, -0.25) is 4.79 Å². The van der Waals surface area contributed by atoms with Gasteiger partial charge in [0, 0.05) is 12.6 Å². The van der Waals surface area contributed by atoms with Crippen LogP contribution >= 0.6 is 0 Å². The molecule has 1 rings (SSSR count). The van der Waals surface area contributed by atoms with E-state index in [0.29, 0.717) is 6.54 Å². The van der Waals surface area contributed by atoms with Crippen LogP contribution in [-0.2, 0) is 4.79 Å². The van der Waals surface area contributed by atoms with Crippen molar-refractivity contribution in [3.8, 4) is 0 Å². The summed E-state index contributed by atoms with van der Waals surface area (Å²) in [6.45, 7) is 6.55. The van der Waals surface area contributed by atoms with Crippen molar-refractivity contribution in [2.75, 3.05) is 6.54 Å². The molecule has 2 atom stereocenters. The summed E-state index contributed by atoms with van der Waals surface area (Å²) in [5, 5.41) is 12.0. The molecular formula is C15H23N3O2. The Labute approximate surface area is 120 Å². The quantitative estimate of drug-likeness (QED) is 0.362. The maximum Gasteiger partial charge on any atom is 0.238 e. The van der Waals surface area contributed by atoms with Gasteiger partial charge in [-0.1, -0.05) is 42.4 Å². The lowest BCUT2D eigenvalue weighted by atomic mass is 9.95. The van der Waals surface area contributed by atoms with Crippen LogP contribution in [-0.4, -0.2) is 34.4 Å². The summed E-state index contributed by atoms with van der Waals surface area (Å²) in [5.41, 5.74) is 6.47.